The van der Waals surface area contributed by atoms with Gasteiger partial charge in [0.15, 0.2) is 6.61 Å². The van der Waals surface area contributed by atoms with Crippen LogP contribution in [0.5, 0.6) is 0 Å². The fraction of sp³-hybridized carbons (Fsp3) is 0.185. The smallest absolute Gasteiger partial charge is 0.340 e. The summed E-state index contributed by atoms with van der Waals surface area (Å²) in [5, 5.41) is 5.24. The summed E-state index contributed by atoms with van der Waals surface area (Å²) in [6.45, 7) is -0.604. The number of hydrogen-bond donors (Lipinski definition) is 2. The number of anilines is 1. The second-order valence-corrected chi connectivity index (χ2v) is 7.67. The highest BCUT2D eigenvalue weighted by Gasteiger charge is 2.23. The number of benzene rings is 3. The molecular weight excluding hydrogens is 448 g/mol. The van der Waals surface area contributed by atoms with Crippen LogP contribution < -0.4 is 10.6 Å². The standard InChI is InChI=1S/C27H26N2O6/c1-34-27(33)23(16-19-10-4-2-5-11-19)29-25(31)18-35-26(32)21-14-8-9-15-22(21)28-24(30)17-20-12-6-3-7-13-20/h2-15,23H,16-18H2,1H3,(H,28,30)(H,29,31). The lowest BCUT2D eigenvalue weighted by Gasteiger charge is -2.17. The van der Waals surface area contributed by atoms with Crippen molar-refractivity contribution in [1.29, 1.82) is 0 Å². The van der Waals surface area contributed by atoms with E-state index in [0.29, 0.717) is 0 Å². The van der Waals surface area contributed by atoms with Crippen molar-refractivity contribution in [2.24, 2.45) is 0 Å². The van der Waals surface area contributed by atoms with E-state index < -0.39 is 30.5 Å². The van der Waals surface area contributed by atoms with Crippen LogP contribution in [-0.4, -0.2) is 43.5 Å². The normalized spacial score (nSPS) is 11.1. The van der Waals surface area contributed by atoms with Gasteiger partial charge in [-0.2, -0.15) is 0 Å². The highest BCUT2D eigenvalue weighted by atomic mass is 16.5. The van der Waals surface area contributed by atoms with Gasteiger partial charge in [-0.3, -0.25) is 9.59 Å². The third-order valence-electron chi connectivity index (χ3n) is 5.07. The first-order valence-electron chi connectivity index (χ1n) is 11.0. The first-order valence-corrected chi connectivity index (χ1v) is 11.0. The largest absolute Gasteiger partial charge is 0.467 e. The Labute approximate surface area is 203 Å². The number of esters is 2. The molecule has 0 radical (unpaired) electrons. The molecule has 35 heavy (non-hydrogen) atoms. The van der Waals surface area contributed by atoms with Crippen LogP contribution in [0.15, 0.2) is 84.9 Å². The Morgan fingerprint density at radius 2 is 1.37 bits per heavy atom. The summed E-state index contributed by atoms with van der Waals surface area (Å²) in [5.74, 6) is -2.35. The number of carbonyl (C=O) groups is 4. The van der Waals surface area contributed by atoms with Gasteiger partial charge in [-0.15, -0.1) is 0 Å². The number of methoxy groups -OCH3 is 1. The number of amides is 2. The number of nitrogens with one attached hydrogen (secondary N) is 2. The monoisotopic (exact) mass is 474 g/mol. The molecule has 3 aromatic carbocycles. The lowest BCUT2D eigenvalue weighted by Crippen LogP contribution is -2.44. The maximum atomic E-state index is 12.6. The van der Waals surface area contributed by atoms with Crippen molar-refractivity contribution in [2.45, 2.75) is 18.9 Å². The van der Waals surface area contributed by atoms with Gasteiger partial charge in [0.2, 0.25) is 5.91 Å². The highest BCUT2D eigenvalue weighted by molar-refractivity contribution is 6.02. The van der Waals surface area contributed by atoms with Gasteiger partial charge >= 0.3 is 11.9 Å². The number of hydrogen-bond acceptors (Lipinski definition) is 6. The molecule has 0 aliphatic rings. The Morgan fingerprint density at radius 1 is 0.771 bits per heavy atom. The number of para-hydroxylation sites is 1. The van der Waals surface area contributed by atoms with E-state index in [0.717, 1.165) is 11.1 Å². The molecule has 8 nitrogen and oxygen atoms in total. The van der Waals surface area contributed by atoms with E-state index >= 15 is 0 Å². The molecule has 0 bridgehead atoms. The lowest BCUT2D eigenvalue weighted by atomic mass is 10.1. The van der Waals surface area contributed by atoms with E-state index in [9.17, 15) is 19.2 Å². The van der Waals surface area contributed by atoms with Gasteiger partial charge in [0.25, 0.3) is 5.91 Å². The summed E-state index contributed by atoms with van der Waals surface area (Å²) in [5.41, 5.74) is 2.05. The van der Waals surface area contributed by atoms with Crippen LogP contribution in [0.4, 0.5) is 5.69 Å². The van der Waals surface area contributed by atoms with E-state index in [-0.39, 0.29) is 30.0 Å². The summed E-state index contributed by atoms with van der Waals surface area (Å²) in [4.78, 5) is 49.6. The lowest BCUT2D eigenvalue weighted by molar-refractivity contribution is -0.145. The zero-order chi connectivity index (χ0) is 25.0. The molecule has 2 N–H and O–H groups in total. The molecule has 0 spiro atoms. The van der Waals surface area contributed by atoms with Crippen LogP contribution in [0, 0.1) is 0 Å². The van der Waals surface area contributed by atoms with Crippen molar-refractivity contribution in [3.05, 3.63) is 102 Å². The van der Waals surface area contributed by atoms with Crippen LogP contribution in [0.3, 0.4) is 0 Å². The van der Waals surface area contributed by atoms with Crippen LogP contribution in [0.1, 0.15) is 21.5 Å². The van der Waals surface area contributed by atoms with Gasteiger partial charge in [0.1, 0.15) is 6.04 Å². The molecule has 180 valence electrons. The van der Waals surface area contributed by atoms with E-state index in [2.05, 4.69) is 10.6 Å². The van der Waals surface area contributed by atoms with Crippen molar-refractivity contribution in [2.75, 3.05) is 19.0 Å². The predicted octanol–water partition coefficient (Wildman–Crippen LogP) is 2.93. The zero-order valence-electron chi connectivity index (χ0n) is 19.2. The van der Waals surface area contributed by atoms with Crippen LogP contribution in [0.2, 0.25) is 0 Å². The Bertz CT molecular complexity index is 1160. The minimum Gasteiger partial charge on any atom is -0.467 e. The number of ether oxygens (including phenoxy) is 2. The molecule has 3 aromatic rings. The number of carbonyl (C=O) groups excluding carboxylic acids is 4. The van der Waals surface area contributed by atoms with Crippen molar-refractivity contribution >= 4 is 29.4 Å². The Hall–Kier alpha value is -4.46. The van der Waals surface area contributed by atoms with Crippen LogP contribution in [0.25, 0.3) is 0 Å². The van der Waals surface area contributed by atoms with E-state index in [1.54, 1.807) is 18.2 Å². The van der Waals surface area contributed by atoms with E-state index in [1.807, 2.05) is 60.7 Å². The third-order valence-corrected chi connectivity index (χ3v) is 5.07. The van der Waals surface area contributed by atoms with Gasteiger partial charge in [-0.05, 0) is 23.3 Å². The third kappa shape index (κ3) is 7.82. The fourth-order valence-corrected chi connectivity index (χ4v) is 3.38. The molecule has 1 unspecified atom stereocenters. The Kier molecular flexibility index (Phi) is 9.13. The number of rotatable bonds is 10. The molecule has 8 heteroatoms. The maximum Gasteiger partial charge on any atom is 0.340 e. The van der Waals surface area contributed by atoms with Gasteiger partial charge in [-0.25, -0.2) is 9.59 Å². The van der Waals surface area contributed by atoms with Crippen molar-refractivity contribution in [3.63, 3.8) is 0 Å². The molecule has 1 atom stereocenters. The molecule has 0 saturated carbocycles. The first kappa shape index (κ1) is 25.2. The molecule has 2 amide bonds. The van der Waals surface area contributed by atoms with Gasteiger partial charge in [0, 0.05) is 6.42 Å². The quantitative estimate of drug-likeness (QED) is 0.437. The van der Waals surface area contributed by atoms with Crippen LogP contribution in [-0.2, 0) is 36.7 Å². The second kappa shape index (κ2) is 12.7. The average Bonchev–Trinajstić information content (AvgIpc) is 2.88. The van der Waals surface area contributed by atoms with E-state index in [1.165, 1.54) is 13.2 Å². The Morgan fingerprint density at radius 3 is 2.03 bits per heavy atom. The summed E-state index contributed by atoms with van der Waals surface area (Å²) in [6.07, 6.45) is 0.367. The maximum absolute atomic E-state index is 12.6. The second-order valence-electron chi connectivity index (χ2n) is 7.67. The summed E-state index contributed by atoms with van der Waals surface area (Å²) in [6, 6.07) is 23.8. The molecular formula is C27H26N2O6. The summed E-state index contributed by atoms with van der Waals surface area (Å²) >= 11 is 0. The van der Waals surface area contributed by atoms with Crippen molar-refractivity contribution < 1.29 is 28.7 Å². The van der Waals surface area contributed by atoms with Gasteiger partial charge in [0.05, 0.1) is 24.8 Å². The molecule has 0 aliphatic carbocycles. The SMILES string of the molecule is COC(=O)C(Cc1ccccc1)NC(=O)COC(=O)c1ccccc1NC(=O)Cc1ccccc1. The van der Waals surface area contributed by atoms with E-state index in [4.69, 9.17) is 9.47 Å². The minimum atomic E-state index is -0.932. The minimum absolute atomic E-state index is 0.107. The topological polar surface area (TPSA) is 111 Å². The Balaban J connectivity index is 1.58. The average molecular weight is 475 g/mol. The zero-order valence-corrected chi connectivity index (χ0v) is 19.2. The predicted molar refractivity (Wildman–Crippen MR) is 130 cm³/mol. The molecule has 0 heterocycles. The summed E-state index contributed by atoms with van der Waals surface area (Å²) < 4.78 is 9.91. The summed E-state index contributed by atoms with van der Waals surface area (Å²) in [7, 11) is 1.23. The molecule has 0 saturated heterocycles. The molecule has 0 aliphatic heterocycles. The first-order chi connectivity index (χ1) is 17.0. The van der Waals surface area contributed by atoms with Crippen LogP contribution >= 0.6 is 0 Å². The van der Waals surface area contributed by atoms with Gasteiger partial charge in [-0.1, -0.05) is 72.8 Å². The molecule has 0 fully saturated rings. The highest BCUT2D eigenvalue weighted by Crippen LogP contribution is 2.17. The van der Waals surface area contributed by atoms with Crippen molar-refractivity contribution in [3.8, 4) is 0 Å². The molecule has 3 rings (SSSR count). The molecule has 0 aromatic heterocycles. The van der Waals surface area contributed by atoms with Gasteiger partial charge < -0.3 is 20.1 Å². The fourth-order valence-electron chi connectivity index (χ4n) is 3.38. The van der Waals surface area contributed by atoms with Crippen molar-refractivity contribution in [1.82, 2.24) is 5.32 Å².